The number of nitrogens with zero attached hydrogens (tertiary/aromatic N) is 2. The maximum atomic E-state index is 11.0. The second kappa shape index (κ2) is 6.04. The monoisotopic (exact) mass is 260 g/mol. The van der Waals surface area contributed by atoms with Gasteiger partial charge in [0.2, 0.25) is 0 Å². The number of hydrogen-bond donors (Lipinski definition) is 0. The largest absolute Gasteiger partial charge is 0.497 e. The Labute approximate surface area is 111 Å². The maximum Gasteiger partial charge on any atom is 0.153 e. The number of aldehydes is 1. The van der Waals surface area contributed by atoms with Gasteiger partial charge < -0.3 is 14.0 Å². The van der Waals surface area contributed by atoms with Gasteiger partial charge in [0.15, 0.2) is 6.29 Å². The molecule has 5 nitrogen and oxygen atoms in total. The molecule has 0 radical (unpaired) electrons. The molecule has 0 saturated carbocycles. The first-order chi connectivity index (χ1) is 9.28. The quantitative estimate of drug-likeness (QED) is 0.748. The average molecular weight is 260 g/mol. The molecule has 2 rings (SSSR count). The molecule has 0 aliphatic carbocycles. The number of carbonyl (C=O) groups is 1. The van der Waals surface area contributed by atoms with Crippen molar-refractivity contribution in [1.29, 1.82) is 0 Å². The first-order valence-corrected chi connectivity index (χ1v) is 6.03. The smallest absolute Gasteiger partial charge is 0.153 e. The van der Waals surface area contributed by atoms with E-state index >= 15 is 0 Å². The normalized spacial score (nSPS) is 10.2. The first-order valence-electron chi connectivity index (χ1n) is 6.03. The predicted molar refractivity (Wildman–Crippen MR) is 70.6 cm³/mol. The van der Waals surface area contributed by atoms with Gasteiger partial charge in [-0.05, 0) is 19.1 Å². The number of aromatic nitrogens is 2. The van der Waals surface area contributed by atoms with E-state index in [1.807, 2.05) is 11.5 Å². The number of methoxy groups -OCH3 is 1. The predicted octanol–water partition coefficient (Wildman–Crippen LogP) is 2.30. The van der Waals surface area contributed by atoms with Crippen molar-refractivity contribution in [2.75, 3.05) is 7.11 Å². The summed E-state index contributed by atoms with van der Waals surface area (Å²) in [5.74, 6) is 1.17. The van der Waals surface area contributed by atoms with Crippen LogP contribution in [0.3, 0.4) is 0 Å². The van der Waals surface area contributed by atoms with E-state index in [9.17, 15) is 4.79 Å². The Balaban J connectivity index is 2.16. The molecule has 0 saturated heterocycles. The molecule has 0 fully saturated rings. The molecule has 100 valence electrons. The van der Waals surface area contributed by atoms with Crippen LogP contribution in [0.4, 0.5) is 0 Å². The van der Waals surface area contributed by atoms with Crippen molar-refractivity contribution >= 4 is 6.29 Å². The van der Waals surface area contributed by atoms with E-state index in [-0.39, 0.29) is 0 Å². The van der Waals surface area contributed by atoms with E-state index in [2.05, 4.69) is 4.98 Å². The van der Waals surface area contributed by atoms with Crippen LogP contribution in [-0.4, -0.2) is 22.9 Å². The molecular formula is C14H16N2O3. The molecule has 0 aliphatic rings. The van der Waals surface area contributed by atoms with Gasteiger partial charge in [-0.25, -0.2) is 4.98 Å². The van der Waals surface area contributed by atoms with Crippen molar-refractivity contribution in [2.24, 2.45) is 0 Å². The third-order valence-corrected chi connectivity index (χ3v) is 2.86. The van der Waals surface area contributed by atoms with E-state index in [0.717, 1.165) is 18.5 Å². The zero-order valence-corrected chi connectivity index (χ0v) is 11.0. The average Bonchev–Trinajstić information content (AvgIpc) is 2.92. The zero-order chi connectivity index (χ0) is 13.7. The van der Waals surface area contributed by atoms with Crippen LogP contribution in [0.5, 0.6) is 11.5 Å². The van der Waals surface area contributed by atoms with Gasteiger partial charge in [-0.15, -0.1) is 0 Å². The first kappa shape index (κ1) is 13.1. The Morgan fingerprint density at radius 1 is 1.42 bits per heavy atom. The molecule has 2 aromatic rings. The number of carbonyl (C=O) groups excluding carboxylic acids is 1. The van der Waals surface area contributed by atoms with Crippen molar-refractivity contribution in [3.63, 3.8) is 0 Å². The summed E-state index contributed by atoms with van der Waals surface area (Å²) in [7, 11) is 1.58. The van der Waals surface area contributed by atoms with E-state index in [1.54, 1.807) is 37.8 Å². The third kappa shape index (κ3) is 2.93. The molecule has 1 aromatic carbocycles. The topological polar surface area (TPSA) is 53.4 Å². The molecule has 19 heavy (non-hydrogen) atoms. The second-order valence-corrected chi connectivity index (χ2v) is 3.98. The minimum absolute atomic E-state index is 0.363. The molecule has 5 heteroatoms. The van der Waals surface area contributed by atoms with Crippen molar-refractivity contribution in [1.82, 2.24) is 9.55 Å². The lowest BCUT2D eigenvalue weighted by molar-refractivity contribution is 0.111. The Morgan fingerprint density at radius 3 is 2.95 bits per heavy atom. The number of rotatable bonds is 6. The number of imidazole rings is 1. The zero-order valence-electron chi connectivity index (χ0n) is 11.0. The molecule has 0 unspecified atom stereocenters. The van der Waals surface area contributed by atoms with Gasteiger partial charge in [0, 0.05) is 12.6 Å². The summed E-state index contributed by atoms with van der Waals surface area (Å²) < 4.78 is 12.8. The van der Waals surface area contributed by atoms with Crippen LogP contribution >= 0.6 is 0 Å². The molecule has 0 bridgehead atoms. The summed E-state index contributed by atoms with van der Waals surface area (Å²) in [6, 6.07) is 5.11. The van der Waals surface area contributed by atoms with E-state index in [4.69, 9.17) is 9.47 Å². The van der Waals surface area contributed by atoms with Crippen LogP contribution in [0.2, 0.25) is 0 Å². The molecule has 0 amide bonds. The van der Waals surface area contributed by atoms with Crippen LogP contribution in [0.15, 0.2) is 30.7 Å². The van der Waals surface area contributed by atoms with Gasteiger partial charge in [0.05, 0.1) is 30.9 Å². The number of ether oxygens (including phenoxy) is 2. The number of benzene rings is 1. The highest BCUT2D eigenvalue weighted by Crippen LogP contribution is 2.24. The van der Waals surface area contributed by atoms with Crippen LogP contribution in [0, 0.1) is 0 Å². The summed E-state index contributed by atoms with van der Waals surface area (Å²) in [6.45, 7) is 3.23. The Morgan fingerprint density at radius 2 is 2.26 bits per heavy atom. The highest BCUT2D eigenvalue weighted by Gasteiger charge is 2.07. The van der Waals surface area contributed by atoms with Gasteiger partial charge >= 0.3 is 0 Å². The van der Waals surface area contributed by atoms with Crippen molar-refractivity contribution in [3.05, 3.63) is 42.0 Å². The van der Waals surface area contributed by atoms with Gasteiger partial charge in [-0.1, -0.05) is 0 Å². The minimum atomic E-state index is 0.363. The highest BCUT2D eigenvalue weighted by molar-refractivity contribution is 5.79. The second-order valence-electron chi connectivity index (χ2n) is 3.98. The number of hydrogen-bond acceptors (Lipinski definition) is 4. The molecule has 0 N–H and O–H groups in total. The minimum Gasteiger partial charge on any atom is -0.497 e. The summed E-state index contributed by atoms with van der Waals surface area (Å²) in [4.78, 5) is 15.0. The number of aryl methyl sites for hydroxylation is 1. The van der Waals surface area contributed by atoms with Crippen molar-refractivity contribution in [3.8, 4) is 11.5 Å². The van der Waals surface area contributed by atoms with Gasteiger partial charge in [0.25, 0.3) is 0 Å². The van der Waals surface area contributed by atoms with Crippen molar-refractivity contribution < 1.29 is 14.3 Å². The fourth-order valence-electron chi connectivity index (χ4n) is 1.77. The maximum absolute atomic E-state index is 11.0. The summed E-state index contributed by atoms with van der Waals surface area (Å²) in [5, 5.41) is 0. The Kier molecular flexibility index (Phi) is 4.18. The summed E-state index contributed by atoms with van der Waals surface area (Å²) in [6.07, 6.45) is 4.28. The SMILES string of the molecule is CCn1cncc1COc1cc(OC)ccc1C=O. The molecule has 0 spiro atoms. The van der Waals surface area contributed by atoms with Gasteiger partial charge in [0.1, 0.15) is 18.1 Å². The fraction of sp³-hybridized carbons (Fsp3) is 0.286. The lowest BCUT2D eigenvalue weighted by atomic mass is 10.2. The summed E-state index contributed by atoms with van der Waals surface area (Å²) >= 11 is 0. The lowest BCUT2D eigenvalue weighted by Crippen LogP contribution is -2.05. The van der Waals surface area contributed by atoms with E-state index < -0.39 is 0 Å². The Bertz CT molecular complexity index is 564. The molecule has 0 atom stereocenters. The molecule has 1 heterocycles. The summed E-state index contributed by atoms with van der Waals surface area (Å²) in [5.41, 5.74) is 1.46. The fourth-order valence-corrected chi connectivity index (χ4v) is 1.77. The third-order valence-electron chi connectivity index (χ3n) is 2.86. The van der Waals surface area contributed by atoms with Crippen LogP contribution in [0.25, 0.3) is 0 Å². The van der Waals surface area contributed by atoms with Crippen LogP contribution in [0.1, 0.15) is 23.0 Å². The van der Waals surface area contributed by atoms with Gasteiger partial charge in [-0.3, -0.25) is 4.79 Å². The molecule has 1 aromatic heterocycles. The van der Waals surface area contributed by atoms with E-state index in [1.165, 1.54) is 0 Å². The molecular weight excluding hydrogens is 244 g/mol. The standard InChI is InChI=1S/C14H16N2O3/c1-3-16-10-15-7-12(16)9-19-14-6-13(18-2)5-4-11(14)8-17/h4-8,10H,3,9H2,1-2H3. The van der Waals surface area contributed by atoms with Crippen molar-refractivity contribution in [2.45, 2.75) is 20.1 Å². The molecule has 0 aliphatic heterocycles. The van der Waals surface area contributed by atoms with Crippen LogP contribution in [-0.2, 0) is 13.2 Å². The highest BCUT2D eigenvalue weighted by atomic mass is 16.5. The van der Waals surface area contributed by atoms with E-state index in [0.29, 0.717) is 23.7 Å². The van der Waals surface area contributed by atoms with Gasteiger partial charge in [-0.2, -0.15) is 0 Å². The van der Waals surface area contributed by atoms with Crippen LogP contribution < -0.4 is 9.47 Å². The Hall–Kier alpha value is -2.30. The lowest BCUT2D eigenvalue weighted by Gasteiger charge is -2.11.